The fourth-order valence-corrected chi connectivity index (χ4v) is 5.38. The molecule has 4 N–H and O–H groups in total. The maximum Gasteiger partial charge on any atom is 0.353 e. The van der Waals surface area contributed by atoms with Gasteiger partial charge in [0.1, 0.15) is 15.9 Å². The lowest BCUT2D eigenvalue weighted by molar-refractivity contribution is -0.156. The molecular formula is C14H12N8O5S3. The molecule has 156 valence electrons. The van der Waals surface area contributed by atoms with Gasteiger partial charge in [0.15, 0.2) is 11.0 Å². The molecule has 2 aliphatic heterocycles. The van der Waals surface area contributed by atoms with Gasteiger partial charge in [-0.1, -0.05) is 16.3 Å². The van der Waals surface area contributed by atoms with Gasteiger partial charge < -0.3 is 16.2 Å². The number of carboxylic acid groups (broad SMARTS) is 1. The molecule has 2 aliphatic rings. The Morgan fingerprint density at radius 2 is 2.23 bits per heavy atom. The highest BCUT2D eigenvalue weighted by atomic mass is 32.2. The molecule has 2 amide bonds. The van der Waals surface area contributed by atoms with Crippen molar-refractivity contribution in [3.8, 4) is 0 Å². The Morgan fingerprint density at radius 1 is 1.43 bits per heavy atom. The smallest absolute Gasteiger partial charge is 0.353 e. The number of β-lactam (4-membered cyclic amide) rings is 1. The Morgan fingerprint density at radius 3 is 2.83 bits per heavy atom. The number of thioether (sulfide) groups is 1. The van der Waals surface area contributed by atoms with Gasteiger partial charge in [-0.15, -0.1) is 10.0 Å². The van der Waals surface area contributed by atoms with Gasteiger partial charge in [0.05, 0.1) is 12.2 Å². The molecule has 4 heterocycles. The first-order chi connectivity index (χ1) is 14.4. The van der Waals surface area contributed by atoms with Crippen LogP contribution in [0.1, 0.15) is 24.7 Å². The summed E-state index contributed by atoms with van der Waals surface area (Å²) >= 11 is 3.13. The number of nitroso groups, excluding NO2 is 1. The van der Waals surface area contributed by atoms with Gasteiger partial charge in [-0.25, -0.2) is 9.78 Å². The predicted molar refractivity (Wildman–Crippen MR) is 105 cm³/mol. The van der Waals surface area contributed by atoms with Crippen molar-refractivity contribution in [2.45, 2.75) is 35.2 Å². The quantitative estimate of drug-likeness (QED) is 0.375. The molecule has 0 aliphatic carbocycles. The SMILES string of the molecule is Nc1nc(C(N=O)C(=O)NC2C(=O)N3C(C(=O)O)=C(Sc4cnns4)CCC23)ns1. The highest BCUT2D eigenvalue weighted by molar-refractivity contribution is 8.04. The van der Waals surface area contributed by atoms with Crippen LogP contribution in [-0.4, -0.2) is 58.8 Å². The Bertz CT molecular complexity index is 1050. The van der Waals surface area contributed by atoms with E-state index < -0.39 is 35.9 Å². The molecule has 0 saturated carbocycles. The van der Waals surface area contributed by atoms with E-state index in [0.717, 1.165) is 28.0 Å². The number of anilines is 1. The number of nitrogens with two attached hydrogens (primary N) is 1. The maximum absolute atomic E-state index is 12.7. The summed E-state index contributed by atoms with van der Waals surface area (Å²) in [5.74, 6) is -2.83. The first-order valence-corrected chi connectivity index (χ1v) is 10.7. The molecule has 1 fully saturated rings. The molecule has 3 unspecified atom stereocenters. The number of amides is 2. The number of hydrogen-bond donors (Lipinski definition) is 3. The average molecular weight is 469 g/mol. The first-order valence-electron chi connectivity index (χ1n) is 8.37. The molecule has 13 nitrogen and oxygen atoms in total. The molecule has 2 aromatic rings. The number of nitrogen functional groups attached to an aromatic ring is 1. The summed E-state index contributed by atoms with van der Waals surface area (Å²) in [5.41, 5.74) is 5.34. The van der Waals surface area contributed by atoms with E-state index in [-0.39, 0.29) is 16.7 Å². The zero-order chi connectivity index (χ0) is 21.4. The molecule has 16 heteroatoms. The second kappa shape index (κ2) is 8.04. The van der Waals surface area contributed by atoms with Crippen LogP contribution in [0.25, 0.3) is 0 Å². The fraction of sp³-hybridized carbons (Fsp3) is 0.357. The van der Waals surface area contributed by atoms with Crippen molar-refractivity contribution in [2.24, 2.45) is 5.18 Å². The topological polar surface area (TPSA) is 194 Å². The lowest BCUT2D eigenvalue weighted by atomic mass is 9.86. The number of aromatic nitrogens is 4. The maximum atomic E-state index is 12.7. The molecule has 0 radical (unpaired) electrons. The first kappa shape index (κ1) is 20.3. The minimum atomic E-state index is -1.55. The minimum Gasteiger partial charge on any atom is -0.477 e. The average Bonchev–Trinajstić information content (AvgIpc) is 3.38. The number of aliphatic carboxylic acids is 1. The van der Waals surface area contributed by atoms with E-state index in [4.69, 9.17) is 5.73 Å². The van der Waals surface area contributed by atoms with Crippen molar-refractivity contribution < 1.29 is 19.5 Å². The molecule has 1 saturated heterocycles. The summed E-state index contributed by atoms with van der Waals surface area (Å²) in [6.07, 6.45) is 2.34. The van der Waals surface area contributed by atoms with Gasteiger partial charge in [-0.05, 0) is 29.6 Å². The van der Waals surface area contributed by atoms with E-state index in [1.165, 1.54) is 18.0 Å². The molecule has 3 atom stereocenters. The van der Waals surface area contributed by atoms with Gasteiger partial charge in [0.25, 0.3) is 11.8 Å². The number of nitrogens with one attached hydrogen (secondary N) is 1. The summed E-state index contributed by atoms with van der Waals surface area (Å²) in [5, 5.41) is 18.6. The summed E-state index contributed by atoms with van der Waals surface area (Å²) in [4.78, 5) is 53.5. The second-order valence-corrected chi connectivity index (χ2v) is 9.18. The monoisotopic (exact) mass is 468 g/mol. The fourth-order valence-electron chi connectivity index (χ4n) is 3.26. The number of carbonyl (C=O) groups excluding carboxylic acids is 2. The largest absolute Gasteiger partial charge is 0.477 e. The van der Waals surface area contributed by atoms with Crippen LogP contribution >= 0.6 is 34.8 Å². The standard InChI is InChI=1S/C14H12N8O5S3/c15-14-18-10(20-30-14)8(19-27)11(23)17-7-4-1-2-5(28-6-3-16-21-29-6)9(13(25)26)22(4)12(7)24/h3-4,7-8H,1-2H2,(H,17,23)(H,25,26)(H2,15,18,20). The van der Waals surface area contributed by atoms with Gasteiger partial charge in [-0.2, -0.15) is 4.37 Å². The van der Waals surface area contributed by atoms with Crippen molar-refractivity contribution in [2.75, 3.05) is 5.73 Å². The predicted octanol–water partition coefficient (Wildman–Crippen LogP) is 0.357. The molecule has 0 bridgehead atoms. The van der Waals surface area contributed by atoms with Crippen LogP contribution in [-0.2, 0) is 14.4 Å². The number of rotatable bonds is 7. The molecular weight excluding hydrogens is 456 g/mol. The van der Waals surface area contributed by atoms with Gasteiger partial charge in [-0.3, -0.25) is 14.5 Å². The zero-order valence-electron chi connectivity index (χ0n) is 14.8. The summed E-state index contributed by atoms with van der Waals surface area (Å²) in [6, 6.07) is -3.07. The Balaban J connectivity index is 1.51. The third-order valence-electron chi connectivity index (χ3n) is 4.51. The van der Waals surface area contributed by atoms with Gasteiger partial charge in [0.2, 0.25) is 6.04 Å². The van der Waals surface area contributed by atoms with Crippen molar-refractivity contribution in [1.29, 1.82) is 0 Å². The highest BCUT2D eigenvalue weighted by Gasteiger charge is 2.54. The van der Waals surface area contributed by atoms with E-state index >= 15 is 0 Å². The van der Waals surface area contributed by atoms with Crippen molar-refractivity contribution >= 4 is 57.7 Å². The molecule has 0 spiro atoms. The number of nitrogens with zero attached hydrogens (tertiary/aromatic N) is 6. The van der Waals surface area contributed by atoms with Gasteiger partial charge in [0, 0.05) is 16.4 Å². The molecule has 30 heavy (non-hydrogen) atoms. The van der Waals surface area contributed by atoms with E-state index in [0.29, 0.717) is 22.0 Å². The molecule has 4 rings (SSSR count). The number of carbonyl (C=O) groups is 3. The van der Waals surface area contributed by atoms with E-state index in [9.17, 15) is 24.4 Å². The van der Waals surface area contributed by atoms with E-state index in [1.807, 2.05) is 0 Å². The third kappa shape index (κ3) is 3.52. The van der Waals surface area contributed by atoms with Crippen LogP contribution in [0.3, 0.4) is 0 Å². The summed E-state index contributed by atoms with van der Waals surface area (Å²) < 4.78 is 8.24. The van der Waals surface area contributed by atoms with E-state index in [1.54, 1.807) is 0 Å². The Labute approximate surface area is 180 Å². The van der Waals surface area contributed by atoms with Crippen LogP contribution in [0.15, 0.2) is 26.2 Å². The second-order valence-electron chi connectivity index (χ2n) is 6.21. The third-order valence-corrected chi connectivity index (χ3v) is 6.96. The van der Waals surface area contributed by atoms with Gasteiger partial charge >= 0.3 is 5.97 Å². The van der Waals surface area contributed by atoms with Crippen LogP contribution in [0.4, 0.5) is 5.13 Å². The number of hydrogen-bond acceptors (Lipinski definition) is 13. The van der Waals surface area contributed by atoms with Crippen LogP contribution in [0.5, 0.6) is 0 Å². The minimum absolute atomic E-state index is 0.0713. The lowest BCUT2D eigenvalue weighted by Gasteiger charge is -2.50. The van der Waals surface area contributed by atoms with Crippen molar-refractivity contribution in [3.63, 3.8) is 0 Å². The van der Waals surface area contributed by atoms with Crippen LogP contribution < -0.4 is 11.1 Å². The number of fused-ring (bicyclic) bond motifs is 1. The van der Waals surface area contributed by atoms with Crippen molar-refractivity contribution in [3.05, 3.63) is 27.5 Å². The number of carboxylic acids is 1. The molecule has 2 aromatic heterocycles. The van der Waals surface area contributed by atoms with E-state index in [2.05, 4.69) is 29.4 Å². The van der Waals surface area contributed by atoms with Crippen LogP contribution in [0.2, 0.25) is 0 Å². The lowest BCUT2D eigenvalue weighted by Crippen LogP contribution is -2.71. The van der Waals surface area contributed by atoms with Crippen LogP contribution in [0, 0.1) is 4.91 Å². The highest BCUT2D eigenvalue weighted by Crippen LogP contribution is 2.43. The Kier molecular flexibility index (Phi) is 5.44. The van der Waals surface area contributed by atoms with Crippen molar-refractivity contribution in [1.82, 2.24) is 29.2 Å². The molecule has 0 aromatic carbocycles. The number of allylic oxidation sites excluding steroid dienone is 1. The normalized spacial score (nSPS) is 21.6. The zero-order valence-corrected chi connectivity index (χ0v) is 17.2. The Hall–Kier alpha value is -2.98. The summed E-state index contributed by atoms with van der Waals surface area (Å²) in [7, 11) is 0. The summed E-state index contributed by atoms with van der Waals surface area (Å²) in [6.45, 7) is 0.